The van der Waals surface area contributed by atoms with Gasteiger partial charge in [0.15, 0.2) is 34.6 Å². The number of thioether (sulfide) groups is 1. The summed E-state index contributed by atoms with van der Waals surface area (Å²) in [5.74, 6) is -0.832. The molecule has 4 aliphatic heterocycles. The van der Waals surface area contributed by atoms with Crippen LogP contribution in [-0.2, 0) is 73.5 Å². The zero-order valence-corrected chi connectivity index (χ0v) is 47.3. The van der Waals surface area contributed by atoms with Crippen LogP contribution in [0.1, 0.15) is 69.6 Å². The molecule has 12 rings (SSSR count). The van der Waals surface area contributed by atoms with Gasteiger partial charge in [-0.2, -0.15) is 0 Å². The lowest BCUT2D eigenvalue weighted by atomic mass is 9.67. The van der Waals surface area contributed by atoms with Crippen molar-refractivity contribution in [3.05, 3.63) is 276 Å². The van der Waals surface area contributed by atoms with Gasteiger partial charge in [0.2, 0.25) is 0 Å². The lowest BCUT2D eigenvalue weighted by molar-refractivity contribution is -0.224. The standard InChI is InChI=1S/C35H34O6S.C35H34O4S/c36-32(21-31(28-17-9-3-10-18-28)42(37,38)30-19-11-4-12-20-30)41-33-34-39-25-29(40-34)24-35(33,22-26-13-5-1-6-14-26)23-27-15-7-2-8-16-27;36-32(21-31(28-17-9-3-10-18-28)40-30-19-11-4-12-20-30)39-33-34-37-25-29(38-34)24-35(33,22-26-13-5-1-6-14-26)23-27-15-7-2-8-16-27/h1-20,29,31,33-34H,21-25H2;1-20,29,31,33-34H,21-25H2/t2*29-,31?,33+,34+/m00/s1. The molecule has 0 amide bonds. The van der Waals surface area contributed by atoms with Crippen molar-refractivity contribution in [3.63, 3.8) is 0 Å². The molecular formula is C70H68O10S2. The lowest BCUT2D eigenvalue weighted by Crippen LogP contribution is -2.54. The molecule has 0 aromatic heterocycles. The van der Waals surface area contributed by atoms with E-state index in [4.69, 9.17) is 28.4 Å². The summed E-state index contributed by atoms with van der Waals surface area (Å²) in [6, 6.07) is 78.9. The summed E-state index contributed by atoms with van der Waals surface area (Å²) in [5.41, 5.74) is 5.49. The quantitative estimate of drug-likeness (QED) is 0.0535. The SMILES string of the molecule is O=C(CC(Sc1ccccc1)c1ccccc1)O[C@@H]1[C@@H]2OC[C@H](CC1(Cc1ccccc1)Cc1ccccc1)O2.O=C(CC(c1ccccc1)S(=O)(=O)c1ccccc1)O[C@@H]1[C@@H]2OC[C@H](CC1(Cc1ccccc1)Cc1ccccc1)O2. The third kappa shape index (κ3) is 13.8. The van der Waals surface area contributed by atoms with Crippen molar-refractivity contribution in [2.24, 2.45) is 10.8 Å². The highest BCUT2D eigenvalue weighted by atomic mass is 32.2. The molecule has 8 atom stereocenters. The van der Waals surface area contributed by atoms with Crippen molar-refractivity contribution in [1.82, 2.24) is 0 Å². The van der Waals surface area contributed by atoms with Gasteiger partial charge in [0.25, 0.3) is 0 Å². The smallest absolute Gasteiger partial charge is 0.307 e. The molecule has 4 aliphatic rings. The first-order valence-electron chi connectivity index (χ1n) is 28.3. The summed E-state index contributed by atoms with van der Waals surface area (Å²) in [6.45, 7) is 0.958. The van der Waals surface area contributed by atoms with Gasteiger partial charge < -0.3 is 28.4 Å². The van der Waals surface area contributed by atoms with E-state index < -0.39 is 51.3 Å². The highest BCUT2D eigenvalue weighted by Gasteiger charge is 2.57. The molecule has 0 aliphatic carbocycles. The van der Waals surface area contributed by atoms with Crippen LogP contribution in [0.2, 0.25) is 0 Å². The van der Waals surface area contributed by atoms with Gasteiger partial charge in [-0.05, 0) is 96.2 Å². The van der Waals surface area contributed by atoms with Crippen LogP contribution >= 0.6 is 11.8 Å². The summed E-state index contributed by atoms with van der Waals surface area (Å²) < 4.78 is 65.0. The number of fused-ring (bicyclic) bond motifs is 4. The van der Waals surface area contributed by atoms with E-state index in [1.165, 1.54) is 11.1 Å². The Bertz CT molecular complexity index is 3320. The van der Waals surface area contributed by atoms with Crippen molar-refractivity contribution in [2.75, 3.05) is 13.2 Å². The third-order valence-corrected chi connectivity index (χ3v) is 19.5. The van der Waals surface area contributed by atoms with E-state index in [0.29, 0.717) is 38.0 Å². The van der Waals surface area contributed by atoms with Gasteiger partial charge in [0.1, 0.15) is 5.25 Å². The van der Waals surface area contributed by atoms with Crippen molar-refractivity contribution in [2.45, 2.75) is 109 Å². The zero-order chi connectivity index (χ0) is 56.2. The second kappa shape index (κ2) is 26.4. The second-order valence-corrected chi connectivity index (χ2v) is 25.4. The summed E-state index contributed by atoms with van der Waals surface area (Å²) in [5, 5.41) is -1.18. The average molecular weight is 1130 g/mol. The highest BCUT2D eigenvalue weighted by Crippen LogP contribution is 2.50. The van der Waals surface area contributed by atoms with Gasteiger partial charge in [0.05, 0.1) is 43.2 Å². The molecule has 4 fully saturated rings. The number of carbonyl (C=O) groups is 2. The number of esters is 2. The fourth-order valence-electron chi connectivity index (χ4n) is 12.5. The van der Waals surface area contributed by atoms with Gasteiger partial charge in [-0.15, -0.1) is 11.8 Å². The van der Waals surface area contributed by atoms with E-state index >= 15 is 0 Å². The molecule has 8 aromatic rings. The van der Waals surface area contributed by atoms with Crippen LogP contribution in [-0.4, -0.2) is 70.6 Å². The maximum Gasteiger partial charge on any atom is 0.307 e. The molecule has 4 bridgehead atoms. The van der Waals surface area contributed by atoms with Crippen LogP contribution in [0.4, 0.5) is 0 Å². The van der Waals surface area contributed by atoms with E-state index in [-0.39, 0.29) is 46.6 Å². The predicted octanol–water partition coefficient (Wildman–Crippen LogP) is 13.6. The van der Waals surface area contributed by atoms with Crippen molar-refractivity contribution >= 4 is 33.5 Å². The molecule has 82 heavy (non-hydrogen) atoms. The van der Waals surface area contributed by atoms with E-state index in [9.17, 15) is 18.0 Å². The average Bonchev–Trinajstić information content (AvgIpc) is 4.25. The number of sulfone groups is 1. The zero-order valence-electron chi connectivity index (χ0n) is 45.7. The molecule has 4 heterocycles. The Balaban J connectivity index is 0.000000172. The lowest BCUT2D eigenvalue weighted by Gasteiger charge is -2.46. The molecule has 0 spiro atoms. The first kappa shape index (κ1) is 56.7. The minimum Gasteiger partial charge on any atom is -0.456 e. The van der Waals surface area contributed by atoms with E-state index in [1.807, 2.05) is 91.0 Å². The molecule has 4 saturated heterocycles. The molecule has 10 nitrogen and oxygen atoms in total. The fraction of sp³-hybridized carbons (Fsp3) is 0.286. The van der Waals surface area contributed by atoms with Gasteiger partial charge in [-0.3, -0.25) is 9.59 Å². The van der Waals surface area contributed by atoms with Crippen LogP contribution in [0.15, 0.2) is 252 Å². The largest absolute Gasteiger partial charge is 0.456 e. The van der Waals surface area contributed by atoms with Gasteiger partial charge in [0, 0.05) is 21.0 Å². The molecule has 12 heteroatoms. The van der Waals surface area contributed by atoms with Crippen molar-refractivity contribution < 1.29 is 46.4 Å². The molecule has 2 unspecified atom stereocenters. The first-order valence-corrected chi connectivity index (χ1v) is 30.7. The second-order valence-electron chi connectivity index (χ2n) is 22.0. The highest BCUT2D eigenvalue weighted by molar-refractivity contribution is 7.99. The van der Waals surface area contributed by atoms with E-state index in [2.05, 4.69) is 97.1 Å². The molecule has 0 N–H and O–H groups in total. The van der Waals surface area contributed by atoms with Crippen LogP contribution in [0.5, 0.6) is 0 Å². The number of hydrogen-bond donors (Lipinski definition) is 0. The van der Waals surface area contributed by atoms with E-state index in [1.54, 1.807) is 66.4 Å². The summed E-state index contributed by atoms with van der Waals surface area (Å²) in [7, 11) is -3.89. The van der Waals surface area contributed by atoms with Gasteiger partial charge in [-0.1, -0.05) is 218 Å². The number of ether oxygens (including phenoxy) is 6. The summed E-state index contributed by atoms with van der Waals surface area (Å²) >= 11 is 1.69. The minimum absolute atomic E-state index is 0.00178. The van der Waals surface area contributed by atoms with E-state index in [0.717, 1.165) is 40.8 Å². The number of hydrogen-bond acceptors (Lipinski definition) is 11. The van der Waals surface area contributed by atoms with Gasteiger partial charge >= 0.3 is 11.9 Å². The fourth-order valence-corrected chi connectivity index (χ4v) is 15.4. The van der Waals surface area contributed by atoms with Crippen LogP contribution < -0.4 is 0 Å². The predicted molar refractivity (Wildman–Crippen MR) is 317 cm³/mol. The Morgan fingerprint density at radius 1 is 0.451 bits per heavy atom. The Labute approximate surface area is 486 Å². The molecule has 8 aromatic carbocycles. The maximum atomic E-state index is 13.8. The number of benzene rings is 8. The minimum atomic E-state index is -3.89. The Morgan fingerprint density at radius 3 is 1.20 bits per heavy atom. The maximum absolute atomic E-state index is 13.8. The first-order chi connectivity index (χ1) is 40.1. The van der Waals surface area contributed by atoms with Gasteiger partial charge in [-0.25, -0.2) is 8.42 Å². The normalized spacial score (nSPS) is 21.9. The van der Waals surface area contributed by atoms with Crippen molar-refractivity contribution in [3.8, 4) is 0 Å². The van der Waals surface area contributed by atoms with Crippen LogP contribution in [0.3, 0.4) is 0 Å². The van der Waals surface area contributed by atoms with Crippen LogP contribution in [0.25, 0.3) is 0 Å². The molecule has 0 radical (unpaired) electrons. The Morgan fingerprint density at radius 2 is 0.793 bits per heavy atom. The summed E-state index contributed by atoms with van der Waals surface area (Å²) in [4.78, 5) is 28.9. The molecule has 0 saturated carbocycles. The molecule has 420 valence electrons. The Kier molecular flexibility index (Phi) is 18.2. The van der Waals surface area contributed by atoms with Crippen molar-refractivity contribution in [1.29, 1.82) is 0 Å². The molecular weight excluding hydrogens is 1060 g/mol. The van der Waals surface area contributed by atoms with Crippen LogP contribution in [0, 0.1) is 10.8 Å². The number of carbonyl (C=O) groups excluding carboxylic acids is 2. The Hall–Kier alpha value is -7.16. The summed E-state index contributed by atoms with van der Waals surface area (Å²) in [6.07, 6.45) is 1.58. The number of rotatable bonds is 20. The third-order valence-electron chi connectivity index (χ3n) is 16.1. The monoisotopic (exact) mass is 1130 g/mol. The topological polar surface area (TPSA) is 124 Å².